The Morgan fingerprint density at radius 3 is 2.06 bits per heavy atom. The lowest BCUT2D eigenvalue weighted by atomic mass is 10.0. The van der Waals surface area contributed by atoms with Crippen LogP contribution < -0.4 is 5.32 Å². The highest BCUT2D eigenvalue weighted by Crippen LogP contribution is 2.15. The molecule has 1 saturated carbocycles. The minimum Gasteiger partial charge on any atom is -0.359 e. The summed E-state index contributed by atoms with van der Waals surface area (Å²) in [6.45, 7) is 4.00. The summed E-state index contributed by atoms with van der Waals surface area (Å²) >= 11 is 0. The lowest BCUT2D eigenvalue weighted by molar-refractivity contribution is -0.124. The Labute approximate surface area is 101 Å². The number of hydrogen-bond donors (Lipinski definition) is 1. The third-order valence-corrected chi connectivity index (χ3v) is 3.02. The Balaban J connectivity index is 0.000000368. The lowest BCUT2D eigenvalue weighted by Gasteiger charge is -2.09. The molecule has 0 heterocycles. The van der Waals surface area contributed by atoms with E-state index in [4.69, 9.17) is 0 Å². The molecule has 1 atom stereocenters. The summed E-state index contributed by atoms with van der Waals surface area (Å²) in [5, 5.41) is 2.65. The van der Waals surface area contributed by atoms with E-state index in [0.717, 1.165) is 12.8 Å². The molecule has 1 aliphatic carbocycles. The molecule has 0 aromatic heterocycles. The Morgan fingerprint density at radius 2 is 1.75 bits per heavy atom. The van der Waals surface area contributed by atoms with Crippen molar-refractivity contribution in [1.29, 1.82) is 0 Å². The van der Waals surface area contributed by atoms with E-state index >= 15 is 0 Å². The number of carbonyl (C=O) groups is 1. The van der Waals surface area contributed by atoms with E-state index in [0.29, 0.717) is 0 Å². The fraction of sp³-hybridized carbons (Fsp3) is 0.786. The Morgan fingerprint density at radius 1 is 1.25 bits per heavy atom. The van der Waals surface area contributed by atoms with Gasteiger partial charge < -0.3 is 5.32 Å². The van der Waals surface area contributed by atoms with Crippen LogP contribution >= 0.6 is 0 Å². The van der Waals surface area contributed by atoms with Crippen LogP contribution in [0.25, 0.3) is 0 Å². The smallest absolute Gasteiger partial charge is 0.223 e. The van der Waals surface area contributed by atoms with Crippen molar-refractivity contribution in [3.05, 3.63) is 12.2 Å². The van der Waals surface area contributed by atoms with Crippen molar-refractivity contribution in [1.82, 2.24) is 5.32 Å². The third kappa shape index (κ3) is 7.49. The highest BCUT2D eigenvalue weighted by atomic mass is 16.1. The first-order valence-corrected chi connectivity index (χ1v) is 6.59. The van der Waals surface area contributed by atoms with E-state index < -0.39 is 0 Å². The van der Waals surface area contributed by atoms with Gasteiger partial charge in [-0.1, -0.05) is 51.2 Å². The summed E-state index contributed by atoms with van der Waals surface area (Å²) in [6, 6.07) is 0. The van der Waals surface area contributed by atoms with Crippen LogP contribution in [-0.4, -0.2) is 13.0 Å². The first-order valence-electron chi connectivity index (χ1n) is 6.59. The molecular weight excluding hydrogens is 198 g/mol. The van der Waals surface area contributed by atoms with Gasteiger partial charge in [0.05, 0.1) is 0 Å². The first kappa shape index (κ1) is 15.2. The lowest BCUT2D eigenvalue weighted by Crippen LogP contribution is -2.26. The normalized spacial score (nSPS) is 16.7. The predicted molar refractivity (Wildman–Crippen MR) is 70.4 cm³/mol. The van der Waals surface area contributed by atoms with Gasteiger partial charge in [0.1, 0.15) is 0 Å². The molecule has 2 nitrogen and oxygen atoms in total. The number of amides is 1. The second-order valence-corrected chi connectivity index (χ2v) is 4.29. The zero-order valence-corrected chi connectivity index (χ0v) is 11.1. The Hall–Kier alpha value is -0.790. The van der Waals surface area contributed by atoms with Crippen LogP contribution in [0.2, 0.25) is 0 Å². The van der Waals surface area contributed by atoms with Gasteiger partial charge in [0.25, 0.3) is 0 Å². The van der Waals surface area contributed by atoms with Crippen molar-refractivity contribution >= 4 is 5.91 Å². The molecular formula is C14H27NO. The van der Waals surface area contributed by atoms with Gasteiger partial charge in [-0.15, -0.1) is 0 Å². The van der Waals surface area contributed by atoms with Crippen LogP contribution in [0.1, 0.15) is 58.8 Å². The topological polar surface area (TPSA) is 29.1 Å². The van der Waals surface area contributed by atoms with Gasteiger partial charge in [-0.05, 0) is 19.8 Å². The molecule has 1 rings (SSSR count). The minimum atomic E-state index is 0.144. The maximum absolute atomic E-state index is 11.1. The highest BCUT2D eigenvalue weighted by Gasteiger charge is 2.11. The number of allylic oxidation sites excluding steroid dienone is 2. The summed E-state index contributed by atoms with van der Waals surface area (Å²) in [6.07, 6.45) is 13.3. The van der Waals surface area contributed by atoms with E-state index in [9.17, 15) is 4.79 Å². The average molecular weight is 225 g/mol. The molecule has 0 saturated heterocycles. The molecule has 0 aromatic carbocycles. The molecule has 1 unspecified atom stereocenters. The highest BCUT2D eigenvalue weighted by molar-refractivity contribution is 5.78. The van der Waals surface area contributed by atoms with Gasteiger partial charge >= 0.3 is 0 Å². The molecule has 1 aliphatic rings. The summed E-state index contributed by atoms with van der Waals surface area (Å²) < 4.78 is 0. The van der Waals surface area contributed by atoms with Gasteiger partial charge in [0, 0.05) is 13.0 Å². The van der Waals surface area contributed by atoms with E-state index in [2.05, 4.69) is 5.32 Å². The Kier molecular flexibility index (Phi) is 10.2. The fourth-order valence-electron chi connectivity index (χ4n) is 1.85. The summed E-state index contributed by atoms with van der Waals surface area (Å²) in [5.41, 5.74) is 0. The van der Waals surface area contributed by atoms with Crippen molar-refractivity contribution in [2.24, 2.45) is 5.92 Å². The van der Waals surface area contributed by atoms with Crippen LogP contribution in [0.3, 0.4) is 0 Å². The molecule has 1 amide bonds. The SMILES string of the molecule is C/C=C/CC(CC)C(=O)NC.C1CCCC1. The van der Waals surface area contributed by atoms with Crippen LogP contribution in [0.5, 0.6) is 0 Å². The van der Waals surface area contributed by atoms with Crippen molar-refractivity contribution in [2.75, 3.05) is 7.05 Å². The second kappa shape index (κ2) is 10.7. The van der Waals surface area contributed by atoms with Gasteiger partial charge in [-0.25, -0.2) is 0 Å². The minimum absolute atomic E-state index is 0.144. The van der Waals surface area contributed by atoms with Crippen molar-refractivity contribution in [3.8, 4) is 0 Å². The van der Waals surface area contributed by atoms with Crippen LogP contribution in [0, 0.1) is 5.92 Å². The zero-order chi connectivity index (χ0) is 12.2. The largest absolute Gasteiger partial charge is 0.359 e. The zero-order valence-electron chi connectivity index (χ0n) is 11.1. The molecule has 0 spiro atoms. The van der Waals surface area contributed by atoms with Gasteiger partial charge in [-0.3, -0.25) is 4.79 Å². The number of rotatable bonds is 4. The Bertz CT molecular complexity index is 187. The van der Waals surface area contributed by atoms with E-state index in [1.807, 2.05) is 26.0 Å². The monoisotopic (exact) mass is 225 g/mol. The molecule has 1 fully saturated rings. The standard InChI is InChI=1S/C9H17NO.C5H10/c1-4-6-7-8(5-2)9(11)10-3;1-2-4-5-3-1/h4,6,8H,5,7H2,1-3H3,(H,10,11);1-5H2/b6-4+;. The molecule has 94 valence electrons. The quantitative estimate of drug-likeness (QED) is 0.727. The third-order valence-electron chi connectivity index (χ3n) is 3.02. The van der Waals surface area contributed by atoms with E-state index in [-0.39, 0.29) is 11.8 Å². The van der Waals surface area contributed by atoms with Crippen LogP contribution in [-0.2, 0) is 4.79 Å². The van der Waals surface area contributed by atoms with E-state index in [1.54, 1.807) is 7.05 Å². The average Bonchev–Trinajstić information content (AvgIpc) is 2.88. The maximum atomic E-state index is 11.1. The first-order chi connectivity index (χ1) is 7.76. The van der Waals surface area contributed by atoms with Crippen molar-refractivity contribution in [3.63, 3.8) is 0 Å². The van der Waals surface area contributed by atoms with Gasteiger partial charge in [0.15, 0.2) is 0 Å². The maximum Gasteiger partial charge on any atom is 0.223 e. The summed E-state index contributed by atoms with van der Waals surface area (Å²) in [4.78, 5) is 11.1. The van der Waals surface area contributed by atoms with E-state index in [1.165, 1.54) is 32.1 Å². The van der Waals surface area contributed by atoms with Crippen LogP contribution in [0.4, 0.5) is 0 Å². The van der Waals surface area contributed by atoms with Crippen molar-refractivity contribution < 1.29 is 4.79 Å². The second-order valence-electron chi connectivity index (χ2n) is 4.29. The van der Waals surface area contributed by atoms with Gasteiger partial charge in [0.2, 0.25) is 5.91 Å². The molecule has 0 aliphatic heterocycles. The number of hydrogen-bond acceptors (Lipinski definition) is 1. The summed E-state index contributed by atoms with van der Waals surface area (Å²) in [5.74, 6) is 0.293. The molecule has 16 heavy (non-hydrogen) atoms. The van der Waals surface area contributed by atoms with Crippen LogP contribution in [0.15, 0.2) is 12.2 Å². The molecule has 0 radical (unpaired) electrons. The molecule has 0 aromatic rings. The predicted octanol–water partition coefficient (Wildman–Crippen LogP) is 3.68. The molecule has 2 heteroatoms. The fourth-order valence-corrected chi connectivity index (χ4v) is 1.85. The van der Waals surface area contributed by atoms with Crippen molar-refractivity contribution in [2.45, 2.75) is 58.8 Å². The van der Waals surface area contributed by atoms with Gasteiger partial charge in [-0.2, -0.15) is 0 Å². The summed E-state index contributed by atoms with van der Waals surface area (Å²) in [7, 11) is 1.68. The number of nitrogens with one attached hydrogen (secondary N) is 1. The molecule has 0 bridgehead atoms. The molecule has 1 N–H and O–H groups in total. The number of carbonyl (C=O) groups excluding carboxylic acids is 1.